The molecule has 0 unspecified atom stereocenters. The lowest BCUT2D eigenvalue weighted by atomic mass is 9.89. The smallest absolute Gasteiger partial charge is 0.228 e. The normalized spacial score (nSPS) is 27.9. The van der Waals surface area contributed by atoms with Gasteiger partial charge in [0.15, 0.2) is 0 Å². The molecule has 2 aliphatic heterocycles. The van der Waals surface area contributed by atoms with Crippen LogP contribution in [-0.2, 0) is 4.79 Å². The van der Waals surface area contributed by atoms with Crippen molar-refractivity contribution in [1.29, 1.82) is 0 Å². The van der Waals surface area contributed by atoms with Crippen LogP contribution in [0, 0.1) is 18.3 Å². The summed E-state index contributed by atoms with van der Waals surface area (Å²) in [7, 11) is 0. The molecule has 1 spiro atoms. The summed E-state index contributed by atoms with van der Waals surface area (Å²) in [6.07, 6.45) is 4.80. The number of anilines is 1. The number of carbonyl (C=O) groups is 1. The van der Waals surface area contributed by atoms with Crippen LogP contribution in [0.5, 0.6) is 0 Å². The molecule has 4 nitrogen and oxygen atoms in total. The van der Waals surface area contributed by atoms with Gasteiger partial charge in [-0.25, -0.2) is 4.98 Å². The molecule has 2 atom stereocenters. The van der Waals surface area contributed by atoms with Crippen LogP contribution in [0.25, 0.3) is 10.2 Å². The van der Waals surface area contributed by atoms with E-state index in [4.69, 9.17) is 0 Å². The molecule has 5 rings (SSSR count). The summed E-state index contributed by atoms with van der Waals surface area (Å²) in [6, 6.07) is 6.87. The van der Waals surface area contributed by atoms with E-state index in [-0.39, 0.29) is 17.2 Å². The van der Waals surface area contributed by atoms with Crippen molar-refractivity contribution in [3.05, 3.63) is 23.2 Å². The Morgan fingerprint density at radius 3 is 2.96 bits per heavy atom. The Hall–Kier alpha value is -1.11. The second kappa shape index (κ2) is 6.50. The fourth-order valence-electron chi connectivity index (χ4n) is 4.77. The van der Waals surface area contributed by atoms with E-state index < -0.39 is 0 Å². The molecule has 1 aromatic carbocycles. The van der Waals surface area contributed by atoms with E-state index in [9.17, 15) is 4.79 Å². The van der Waals surface area contributed by atoms with E-state index in [0.29, 0.717) is 0 Å². The Labute approximate surface area is 162 Å². The van der Waals surface area contributed by atoms with Crippen molar-refractivity contribution in [2.45, 2.75) is 38.6 Å². The summed E-state index contributed by atoms with van der Waals surface area (Å²) in [5.74, 6) is 3.03. The topological polar surface area (TPSA) is 45.2 Å². The van der Waals surface area contributed by atoms with Gasteiger partial charge in [0.25, 0.3) is 0 Å². The summed E-state index contributed by atoms with van der Waals surface area (Å²) >= 11 is 3.79. The van der Waals surface area contributed by atoms with Crippen LogP contribution in [0.15, 0.2) is 18.2 Å². The number of carbonyl (C=O) groups excluding carboxylic acids is 1. The first-order chi connectivity index (χ1) is 12.6. The number of nitrogens with zero attached hydrogens (tertiary/aromatic N) is 2. The number of aromatic nitrogens is 1. The number of hydrogen-bond donors (Lipinski definition) is 1. The molecule has 1 aromatic heterocycles. The standard InChI is InChI=1S/C20H25N3OS2/c1-13-21-17-10-14(2-3-18(17)26-13)22-19(24)16-11-20(16)5-7-23(8-6-20)15-4-9-25-12-15/h2-3,10,15-16H,4-9,11-12H2,1H3,(H,22,24)/t15-,16-/m0/s1. The van der Waals surface area contributed by atoms with Crippen LogP contribution in [0.3, 0.4) is 0 Å². The highest BCUT2D eigenvalue weighted by Gasteiger charge is 2.58. The van der Waals surface area contributed by atoms with Gasteiger partial charge in [0.2, 0.25) is 5.91 Å². The highest BCUT2D eigenvalue weighted by Crippen LogP contribution is 2.60. The molecular formula is C20H25N3OS2. The molecule has 3 aliphatic rings. The van der Waals surface area contributed by atoms with Gasteiger partial charge in [-0.05, 0) is 75.1 Å². The second-order valence-corrected chi connectivity index (χ2v) is 10.5. The van der Waals surface area contributed by atoms with Crippen molar-refractivity contribution >= 4 is 44.9 Å². The Kier molecular flexibility index (Phi) is 4.25. The number of thioether (sulfide) groups is 1. The van der Waals surface area contributed by atoms with E-state index in [1.165, 1.54) is 48.6 Å². The van der Waals surface area contributed by atoms with Gasteiger partial charge in [-0.3, -0.25) is 9.69 Å². The maximum Gasteiger partial charge on any atom is 0.228 e. The highest BCUT2D eigenvalue weighted by atomic mass is 32.2. The van der Waals surface area contributed by atoms with Gasteiger partial charge < -0.3 is 5.32 Å². The van der Waals surface area contributed by atoms with Crippen LogP contribution in [0.1, 0.15) is 30.7 Å². The average Bonchev–Trinajstić information content (AvgIpc) is 3.00. The monoisotopic (exact) mass is 387 g/mol. The molecule has 0 radical (unpaired) electrons. The Balaban J connectivity index is 1.20. The van der Waals surface area contributed by atoms with Crippen molar-refractivity contribution in [3.8, 4) is 0 Å². The molecule has 1 saturated carbocycles. The summed E-state index contributed by atoms with van der Waals surface area (Å²) in [4.78, 5) is 20.0. The van der Waals surface area contributed by atoms with Gasteiger partial charge in [-0.15, -0.1) is 11.3 Å². The maximum absolute atomic E-state index is 12.8. The molecule has 2 saturated heterocycles. The van der Waals surface area contributed by atoms with E-state index >= 15 is 0 Å². The molecule has 2 aromatic rings. The number of likely N-dealkylation sites (tertiary alicyclic amines) is 1. The van der Waals surface area contributed by atoms with Crippen molar-refractivity contribution in [2.75, 3.05) is 29.9 Å². The molecule has 138 valence electrons. The van der Waals surface area contributed by atoms with Crippen LogP contribution in [0.2, 0.25) is 0 Å². The summed E-state index contributed by atoms with van der Waals surface area (Å²) in [5.41, 5.74) is 2.15. The number of benzene rings is 1. The van der Waals surface area contributed by atoms with E-state index in [1.807, 2.05) is 19.1 Å². The molecule has 6 heteroatoms. The minimum absolute atomic E-state index is 0.204. The molecule has 1 aliphatic carbocycles. The highest BCUT2D eigenvalue weighted by molar-refractivity contribution is 7.99. The zero-order valence-electron chi connectivity index (χ0n) is 15.2. The molecule has 0 bridgehead atoms. The van der Waals surface area contributed by atoms with E-state index in [0.717, 1.165) is 28.7 Å². The molecule has 3 fully saturated rings. The van der Waals surface area contributed by atoms with Crippen molar-refractivity contribution in [1.82, 2.24) is 9.88 Å². The maximum atomic E-state index is 12.8. The summed E-state index contributed by atoms with van der Waals surface area (Å²) < 4.78 is 1.18. The first kappa shape index (κ1) is 17.0. The summed E-state index contributed by atoms with van der Waals surface area (Å²) in [6.45, 7) is 4.38. The van der Waals surface area contributed by atoms with Gasteiger partial charge in [0.1, 0.15) is 0 Å². The number of amides is 1. The molecule has 1 amide bonds. The van der Waals surface area contributed by atoms with Crippen molar-refractivity contribution in [3.63, 3.8) is 0 Å². The summed E-state index contributed by atoms with van der Waals surface area (Å²) in [5, 5.41) is 4.22. The molecular weight excluding hydrogens is 362 g/mol. The quantitative estimate of drug-likeness (QED) is 0.859. The first-order valence-corrected chi connectivity index (χ1v) is 11.6. The van der Waals surface area contributed by atoms with Gasteiger partial charge in [0, 0.05) is 23.4 Å². The van der Waals surface area contributed by atoms with Gasteiger partial charge in [-0.2, -0.15) is 11.8 Å². The predicted molar refractivity (Wildman–Crippen MR) is 110 cm³/mol. The zero-order chi connectivity index (χ0) is 17.7. The van der Waals surface area contributed by atoms with Gasteiger partial charge >= 0.3 is 0 Å². The Bertz CT molecular complexity index is 835. The number of nitrogens with one attached hydrogen (secondary N) is 1. The number of piperidine rings is 1. The van der Waals surface area contributed by atoms with Gasteiger partial charge in [0.05, 0.1) is 15.2 Å². The number of thiazole rings is 1. The van der Waals surface area contributed by atoms with Crippen molar-refractivity contribution in [2.24, 2.45) is 11.3 Å². The Morgan fingerprint density at radius 2 is 2.19 bits per heavy atom. The minimum Gasteiger partial charge on any atom is -0.326 e. The van der Waals surface area contributed by atoms with Crippen LogP contribution < -0.4 is 5.32 Å². The number of hydrogen-bond acceptors (Lipinski definition) is 5. The van der Waals surface area contributed by atoms with Gasteiger partial charge in [-0.1, -0.05) is 0 Å². The van der Waals surface area contributed by atoms with E-state index in [1.54, 1.807) is 11.3 Å². The van der Waals surface area contributed by atoms with Crippen LogP contribution >= 0.6 is 23.1 Å². The lowest BCUT2D eigenvalue weighted by Gasteiger charge is -2.36. The fraction of sp³-hybridized carbons (Fsp3) is 0.600. The van der Waals surface area contributed by atoms with Crippen molar-refractivity contribution < 1.29 is 4.79 Å². The van der Waals surface area contributed by atoms with Crippen LogP contribution in [0.4, 0.5) is 5.69 Å². The predicted octanol–water partition coefficient (Wildman–Crippen LogP) is 4.15. The third-order valence-corrected chi connectivity index (χ3v) is 8.58. The van der Waals surface area contributed by atoms with Crippen LogP contribution in [-0.4, -0.2) is 46.4 Å². The minimum atomic E-state index is 0.204. The average molecular weight is 388 g/mol. The SMILES string of the molecule is Cc1nc2cc(NC(=O)[C@@H]3CC34CCN([C@H]3CCSC3)CC4)ccc2s1. The number of rotatable bonds is 3. The lowest BCUT2D eigenvalue weighted by Crippen LogP contribution is -2.42. The number of aryl methyl sites for hydroxylation is 1. The zero-order valence-corrected chi connectivity index (χ0v) is 16.8. The lowest BCUT2D eigenvalue weighted by molar-refractivity contribution is -0.118. The first-order valence-electron chi connectivity index (χ1n) is 9.63. The van der Waals surface area contributed by atoms with E-state index in [2.05, 4.69) is 33.0 Å². The third-order valence-electron chi connectivity index (χ3n) is 6.48. The molecule has 3 heterocycles. The molecule has 1 N–H and O–H groups in total. The fourth-order valence-corrected chi connectivity index (χ4v) is 6.83. The molecule has 26 heavy (non-hydrogen) atoms. The number of fused-ring (bicyclic) bond motifs is 1. The Morgan fingerprint density at radius 1 is 1.35 bits per heavy atom. The largest absolute Gasteiger partial charge is 0.326 e. The third kappa shape index (κ3) is 3.06. The second-order valence-electron chi connectivity index (χ2n) is 8.08.